The molecule has 0 spiro atoms. The molecule has 0 unspecified atom stereocenters. The van der Waals surface area contributed by atoms with E-state index in [1.54, 1.807) is 0 Å². The summed E-state index contributed by atoms with van der Waals surface area (Å²) < 4.78 is 32.3. The number of carboxylic acid groups (broad SMARTS) is 1. The number of aromatic carboxylic acids is 1. The average molecular weight is 450 g/mol. The second kappa shape index (κ2) is 8.17. The smallest absolute Gasteiger partial charge is 0.357 e. The topological polar surface area (TPSA) is 128 Å². The van der Waals surface area contributed by atoms with E-state index in [9.17, 15) is 23.1 Å². The first-order valence-corrected chi connectivity index (χ1v) is 10.3. The van der Waals surface area contributed by atoms with Gasteiger partial charge in [0.2, 0.25) is 9.84 Å². The van der Waals surface area contributed by atoms with Gasteiger partial charge in [-0.2, -0.15) is 5.10 Å². The lowest BCUT2D eigenvalue weighted by Gasteiger charge is -2.11. The number of rotatable bonds is 6. The standard InChI is InChI=1S/C19H16ClN3O6S/c1-23-10-16(17(22-23)19(25)26)18(24)21-12-7-13(29-2)9-15(8-12)30(27,28)14-5-3-11(20)4-6-14/h3-10H,1-2H3,(H,21,24)(H,25,26). The zero-order valence-electron chi connectivity index (χ0n) is 15.8. The van der Waals surface area contributed by atoms with Crippen molar-refractivity contribution in [2.75, 3.05) is 12.4 Å². The number of methoxy groups -OCH3 is 1. The summed E-state index contributed by atoms with van der Waals surface area (Å²) in [7, 11) is -1.10. The van der Waals surface area contributed by atoms with Gasteiger partial charge in [-0.05, 0) is 36.4 Å². The van der Waals surface area contributed by atoms with Crippen molar-refractivity contribution in [2.45, 2.75) is 9.79 Å². The summed E-state index contributed by atoms with van der Waals surface area (Å²) in [5.41, 5.74) is -0.492. The number of halogens is 1. The molecule has 0 bridgehead atoms. The Hall–Kier alpha value is -3.37. The largest absolute Gasteiger partial charge is 0.497 e. The number of carbonyl (C=O) groups excluding carboxylic acids is 1. The number of aryl methyl sites for hydroxylation is 1. The zero-order chi connectivity index (χ0) is 22.1. The Morgan fingerprint density at radius 3 is 2.40 bits per heavy atom. The average Bonchev–Trinajstić information content (AvgIpc) is 3.10. The Morgan fingerprint density at radius 1 is 1.13 bits per heavy atom. The predicted molar refractivity (Wildman–Crippen MR) is 108 cm³/mol. The van der Waals surface area contributed by atoms with Crippen molar-refractivity contribution in [2.24, 2.45) is 7.05 Å². The molecule has 0 saturated carbocycles. The molecule has 11 heteroatoms. The summed E-state index contributed by atoms with van der Waals surface area (Å²) in [6.07, 6.45) is 1.25. The van der Waals surface area contributed by atoms with Crippen LogP contribution in [-0.4, -0.2) is 42.3 Å². The molecule has 1 aromatic heterocycles. The number of hydrogen-bond donors (Lipinski definition) is 2. The molecule has 0 fully saturated rings. The molecule has 0 aliphatic rings. The Balaban J connectivity index is 2.00. The van der Waals surface area contributed by atoms with Crippen LogP contribution in [0.5, 0.6) is 5.75 Å². The molecule has 9 nitrogen and oxygen atoms in total. The minimum absolute atomic E-state index is 0.0119. The maximum Gasteiger partial charge on any atom is 0.357 e. The molecule has 0 saturated heterocycles. The van der Waals surface area contributed by atoms with Crippen LogP contribution in [0, 0.1) is 0 Å². The van der Waals surface area contributed by atoms with Gasteiger partial charge < -0.3 is 15.2 Å². The van der Waals surface area contributed by atoms with Crippen LogP contribution in [0.2, 0.25) is 5.02 Å². The molecule has 0 aliphatic carbocycles. The molecule has 30 heavy (non-hydrogen) atoms. The first-order valence-electron chi connectivity index (χ1n) is 8.40. The maximum absolute atomic E-state index is 13.0. The van der Waals surface area contributed by atoms with Gasteiger partial charge in [0.25, 0.3) is 5.91 Å². The molecular weight excluding hydrogens is 434 g/mol. The fraction of sp³-hybridized carbons (Fsp3) is 0.105. The second-order valence-electron chi connectivity index (χ2n) is 6.18. The monoisotopic (exact) mass is 449 g/mol. The lowest BCUT2D eigenvalue weighted by molar-refractivity contribution is 0.0685. The van der Waals surface area contributed by atoms with Crippen LogP contribution in [0.1, 0.15) is 20.8 Å². The number of benzene rings is 2. The normalized spacial score (nSPS) is 11.2. The van der Waals surface area contributed by atoms with Gasteiger partial charge >= 0.3 is 5.97 Å². The van der Waals surface area contributed by atoms with Gasteiger partial charge in [-0.3, -0.25) is 9.48 Å². The summed E-state index contributed by atoms with van der Waals surface area (Å²) in [5, 5.41) is 15.8. The quantitative estimate of drug-likeness (QED) is 0.592. The predicted octanol–water partition coefficient (Wildman–Crippen LogP) is 2.87. The Bertz CT molecular complexity index is 1240. The Morgan fingerprint density at radius 2 is 1.80 bits per heavy atom. The maximum atomic E-state index is 13.0. The fourth-order valence-electron chi connectivity index (χ4n) is 2.68. The Labute approximate surface area is 176 Å². The Kier molecular flexibility index (Phi) is 5.81. The van der Waals surface area contributed by atoms with Crippen LogP contribution in [0.4, 0.5) is 5.69 Å². The van der Waals surface area contributed by atoms with Gasteiger partial charge in [-0.25, -0.2) is 13.2 Å². The van der Waals surface area contributed by atoms with Crippen molar-refractivity contribution < 1.29 is 27.9 Å². The van der Waals surface area contributed by atoms with Crippen LogP contribution < -0.4 is 10.1 Å². The molecule has 3 aromatic rings. The molecule has 1 amide bonds. The van der Waals surface area contributed by atoms with E-state index >= 15 is 0 Å². The van der Waals surface area contributed by atoms with Crippen molar-refractivity contribution in [3.05, 3.63) is 64.9 Å². The lowest BCUT2D eigenvalue weighted by Crippen LogP contribution is -2.16. The van der Waals surface area contributed by atoms with E-state index in [2.05, 4.69) is 10.4 Å². The van der Waals surface area contributed by atoms with E-state index < -0.39 is 27.4 Å². The molecule has 0 aliphatic heterocycles. The van der Waals surface area contributed by atoms with Gasteiger partial charge in [-0.15, -0.1) is 0 Å². The highest BCUT2D eigenvalue weighted by molar-refractivity contribution is 7.91. The van der Waals surface area contributed by atoms with E-state index in [0.29, 0.717) is 5.02 Å². The summed E-state index contributed by atoms with van der Waals surface area (Å²) >= 11 is 5.82. The lowest BCUT2D eigenvalue weighted by atomic mass is 10.2. The van der Waals surface area contributed by atoms with Gasteiger partial charge in [0.15, 0.2) is 5.69 Å². The van der Waals surface area contributed by atoms with Crippen LogP contribution >= 0.6 is 11.6 Å². The van der Waals surface area contributed by atoms with Crippen molar-refractivity contribution in [1.82, 2.24) is 9.78 Å². The summed E-state index contributed by atoms with van der Waals surface area (Å²) in [6, 6.07) is 9.61. The minimum atomic E-state index is -3.93. The van der Waals surface area contributed by atoms with Gasteiger partial charge in [-0.1, -0.05) is 11.6 Å². The molecule has 1 heterocycles. The summed E-state index contributed by atoms with van der Waals surface area (Å²) in [6.45, 7) is 0. The van der Waals surface area contributed by atoms with Crippen molar-refractivity contribution in [3.63, 3.8) is 0 Å². The highest BCUT2D eigenvalue weighted by atomic mass is 35.5. The number of carbonyl (C=O) groups is 2. The van der Waals surface area contributed by atoms with Gasteiger partial charge in [0.05, 0.1) is 22.5 Å². The molecule has 3 rings (SSSR count). The second-order valence-corrected chi connectivity index (χ2v) is 8.57. The van der Waals surface area contributed by atoms with E-state index in [1.165, 1.54) is 67.5 Å². The van der Waals surface area contributed by atoms with Crippen molar-refractivity contribution >= 4 is 39.0 Å². The van der Waals surface area contributed by atoms with E-state index in [1.807, 2.05) is 0 Å². The fourth-order valence-corrected chi connectivity index (χ4v) is 4.12. The summed E-state index contributed by atoms with van der Waals surface area (Å²) in [4.78, 5) is 23.8. The minimum Gasteiger partial charge on any atom is -0.497 e. The highest BCUT2D eigenvalue weighted by Gasteiger charge is 2.23. The number of nitrogens with one attached hydrogen (secondary N) is 1. The number of anilines is 1. The number of aromatic nitrogens is 2. The van der Waals surface area contributed by atoms with Crippen LogP contribution in [0.3, 0.4) is 0 Å². The molecule has 2 aromatic carbocycles. The molecular formula is C19H16ClN3O6S. The third-order valence-electron chi connectivity index (χ3n) is 4.08. The zero-order valence-corrected chi connectivity index (χ0v) is 17.4. The van der Waals surface area contributed by atoms with Crippen LogP contribution in [-0.2, 0) is 16.9 Å². The number of nitrogens with zero attached hydrogens (tertiary/aromatic N) is 2. The number of carboxylic acids is 1. The summed E-state index contributed by atoms with van der Waals surface area (Å²) in [5.74, 6) is -1.94. The number of hydrogen-bond acceptors (Lipinski definition) is 6. The SMILES string of the molecule is COc1cc(NC(=O)c2cn(C)nc2C(=O)O)cc(S(=O)(=O)c2ccc(Cl)cc2)c1. The van der Waals surface area contributed by atoms with Crippen LogP contribution in [0.15, 0.2) is 58.5 Å². The first-order chi connectivity index (χ1) is 14.1. The third-order valence-corrected chi connectivity index (χ3v) is 6.08. The highest BCUT2D eigenvalue weighted by Crippen LogP contribution is 2.29. The number of sulfone groups is 1. The van der Waals surface area contributed by atoms with Crippen molar-refractivity contribution in [1.29, 1.82) is 0 Å². The van der Waals surface area contributed by atoms with E-state index in [-0.39, 0.29) is 26.8 Å². The van der Waals surface area contributed by atoms with Gasteiger partial charge in [0, 0.05) is 30.0 Å². The van der Waals surface area contributed by atoms with E-state index in [0.717, 1.165) is 0 Å². The van der Waals surface area contributed by atoms with Crippen molar-refractivity contribution in [3.8, 4) is 5.75 Å². The van der Waals surface area contributed by atoms with E-state index in [4.69, 9.17) is 16.3 Å². The molecule has 0 radical (unpaired) electrons. The first kappa shape index (κ1) is 21.3. The molecule has 2 N–H and O–H groups in total. The molecule has 0 atom stereocenters. The third kappa shape index (κ3) is 4.29. The molecule has 156 valence electrons. The van der Waals surface area contributed by atoms with Crippen LogP contribution in [0.25, 0.3) is 0 Å². The number of amides is 1. The number of ether oxygens (including phenoxy) is 1. The van der Waals surface area contributed by atoms with Gasteiger partial charge in [0.1, 0.15) is 5.75 Å².